The maximum absolute atomic E-state index is 12.7. The molecule has 0 bridgehead atoms. The number of aliphatic carboxylic acids is 1. The molecule has 2 aromatic rings. The minimum atomic E-state index is -1.26. The van der Waals surface area contributed by atoms with E-state index in [-0.39, 0.29) is 24.6 Å². The van der Waals surface area contributed by atoms with Crippen molar-refractivity contribution in [2.75, 3.05) is 12.4 Å². The van der Waals surface area contributed by atoms with E-state index < -0.39 is 29.3 Å². The van der Waals surface area contributed by atoms with E-state index in [4.69, 9.17) is 4.74 Å². The van der Waals surface area contributed by atoms with Crippen molar-refractivity contribution < 1.29 is 29.0 Å². The lowest BCUT2D eigenvalue weighted by atomic mass is 10.0. The van der Waals surface area contributed by atoms with Gasteiger partial charge < -0.3 is 15.2 Å². The Kier molecular flexibility index (Phi) is 5.69. The largest absolute Gasteiger partial charge is 0.477 e. The molecule has 0 aromatic heterocycles. The average molecular weight is 440 g/mol. The fraction of sp³-hybridized carbons (Fsp3) is 0.273. The summed E-state index contributed by atoms with van der Waals surface area (Å²) in [6.45, 7) is 1.05. The van der Waals surface area contributed by atoms with Crippen LogP contribution in [0.25, 0.3) is 10.8 Å². The van der Waals surface area contributed by atoms with Crippen LogP contribution in [0.5, 0.6) is 0 Å². The highest BCUT2D eigenvalue weighted by molar-refractivity contribution is 8.00. The molecule has 1 saturated heterocycles. The third kappa shape index (κ3) is 4.00. The molecule has 8 nitrogen and oxygen atoms in total. The van der Waals surface area contributed by atoms with Gasteiger partial charge in [-0.25, -0.2) is 4.79 Å². The van der Waals surface area contributed by atoms with Crippen LogP contribution in [0.4, 0.5) is 0 Å². The van der Waals surface area contributed by atoms with Crippen LogP contribution in [0.2, 0.25) is 0 Å². The maximum Gasteiger partial charge on any atom is 0.352 e. The number of ether oxygens (including phenoxy) is 1. The van der Waals surface area contributed by atoms with E-state index >= 15 is 0 Å². The number of nitrogens with one attached hydrogen (secondary N) is 1. The van der Waals surface area contributed by atoms with Gasteiger partial charge in [0, 0.05) is 18.2 Å². The molecule has 0 saturated carbocycles. The molecule has 160 valence electrons. The first-order valence-electron chi connectivity index (χ1n) is 9.66. The number of carboxylic acids is 1. The van der Waals surface area contributed by atoms with Gasteiger partial charge in [0.2, 0.25) is 5.91 Å². The highest BCUT2D eigenvalue weighted by Crippen LogP contribution is 2.40. The zero-order valence-corrected chi connectivity index (χ0v) is 17.5. The molecule has 4 rings (SSSR count). The van der Waals surface area contributed by atoms with Gasteiger partial charge in [-0.1, -0.05) is 42.5 Å². The molecule has 2 N–H and O–H groups in total. The molecule has 2 heterocycles. The van der Waals surface area contributed by atoms with E-state index in [0.717, 1.165) is 21.2 Å². The lowest BCUT2D eigenvalue weighted by molar-refractivity contribution is -0.151. The normalized spacial score (nSPS) is 20.2. The van der Waals surface area contributed by atoms with Crippen LogP contribution in [0, 0.1) is 0 Å². The average Bonchev–Trinajstić information content (AvgIpc) is 2.75. The van der Waals surface area contributed by atoms with Crippen LogP contribution in [-0.4, -0.2) is 57.5 Å². The number of hydrogen-bond donors (Lipinski definition) is 2. The molecule has 2 unspecified atom stereocenters. The van der Waals surface area contributed by atoms with E-state index in [0.29, 0.717) is 11.3 Å². The van der Waals surface area contributed by atoms with Crippen molar-refractivity contribution in [1.82, 2.24) is 10.2 Å². The summed E-state index contributed by atoms with van der Waals surface area (Å²) in [4.78, 5) is 49.3. The van der Waals surface area contributed by atoms with Gasteiger partial charge >= 0.3 is 11.9 Å². The number of amides is 2. The van der Waals surface area contributed by atoms with Crippen molar-refractivity contribution in [3.63, 3.8) is 0 Å². The van der Waals surface area contributed by atoms with Gasteiger partial charge in [-0.05, 0) is 16.3 Å². The van der Waals surface area contributed by atoms with Gasteiger partial charge in [0.05, 0.1) is 6.42 Å². The molecule has 0 radical (unpaired) electrons. The molecule has 0 spiro atoms. The van der Waals surface area contributed by atoms with Crippen LogP contribution in [0.15, 0.2) is 53.7 Å². The highest BCUT2D eigenvalue weighted by Gasteiger charge is 2.54. The lowest BCUT2D eigenvalue weighted by Crippen LogP contribution is -2.70. The fourth-order valence-electron chi connectivity index (χ4n) is 3.83. The molecule has 2 amide bonds. The van der Waals surface area contributed by atoms with Gasteiger partial charge in [0.15, 0.2) is 0 Å². The van der Waals surface area contributed by atoms with E-state index in [9.17, 15) is 24.3 Å². The van der Waals surface area contributed by atoms with Crippen molar-refractivity contribution in [3.05, 3.63) is 59.3 Å². The second-order valence-corrected chi connectivity index (χ2v) is 8.41. The minimum Gasteiger partial charge on any atom is -0.477 e. The quantitative estimate of drug-likeness (QED) is 0.519. The molecule has 2 aliphatic rings. The van der Waals surface area contributed by atoms with E-state index in [1.165, 1.54) is 18.7 Å². The number of nitrogens with zero attached hydrogens (tertiary/aromatic N) is 1. The molecule has 31 heavy (non-hydrogen) atoms. The van der Waals surface area contributed by atoms with Crippen LogP contribution in [-0.2, 0) is 30.3 Å². The Balaban J connectivity index is 1.47. The molecular formula is C22H20N2O6S. The summed E-state index contributed by atoms with van der Waals surface area (Å²) in [6, 6.07) is 12.7. The van der Waals surface area contributed by atoms with Crippen LogP contribution < -0.4 is 5.32 Å². The Morgan fingerprint density at radius 2 is 1.94 bits per heavy atom. The Hall–Kier alpha value is -3.33. The van der Waals surface area contributed by atoms with Crippen LogP contribution in [0.1, 0.15) is 12.5 Å². The lowest BCUT2D eigenvalue weighted by Gasteiger charge is -2.49. The zero-order chi connectivity index (χ0) is 22.1. The summed E-state index contributed by atoms with van der Waals surface area (Å²) in [5.41, 5.74) is 1.04. The summed E-state index contributed by atoms with van der Waals surface area (Å²) >= 11 is 1.33. The molecule has 0 aliphatic carbocycles. The molecule has 9 heteroatoms. The number of rotatable bonds is 6. The summed E-state index contributed by atoms with van der Waals surface area (Å²) < 4.78 is 4.92. The molecule has 2 atom stereocenters. The summed E-state index contributed by atoms with van der Waals surface area (Å²) in [5, 5.41) is 13.8. The van der Waals surface area contributed by atoms with E-state index in [1.54, 1.807) is 0 Å². The van der Waals surface area contributed by atoms with Gasteiger partial charge in [-0.15, -0.1) is 11.8 Å². The predicted octanol–water partition coefficient (Wildman–Crippen LogP) is 1.68. The predicted molar refractivity (Wildman–Crippen MR) is 114 cm³/mol. The smallest absolute Gasteiger partial charge is 0.352 e. The zero-order valence-electron chi connectivity index (χ0n) is 16.7. The van der Waals surface area contributed by atoms with Gasteiger partial charge in [-0.2, -0.15) is 0 Å². The Morgan fingerprint density at radius 1 is 1.19 bits per heavy atom. The summed E-state index contributed by atoms with van der Waals surface area (Å²) in [5.74, 6) is -2.29. The van der Waals surface area contributed by atoms with Gasteiger partial charge in [-0.3, -0.25) is 19.3 Å². The van der Waals surface area contributed by atoms with Crippen molar-refractivity contribution >= 4 is 46.3 Å². The fourth-order valence-corrected chi connectivity index (χ4v) is 5.15. The number of benzene rings is 2. The summed E-state index contributed by atoms with van der Waals surface area (Å²) in [6.07, 6.45) is 0.113. The first kappa shape index (κ1) is 20.9. The number of β-lactam (4-membered cyclic amide) rings is 1. The van der Waals surface area contributed by atoms with Gasteiger partial charge in [0.25, 0.3) is 5.91 Å². The number of esters is 1. The third-order valence-electron chi connectivity index (χ3n) is 5.25. The first-order chi connectivity index (χ1) is 14.9. The van der Waals surface area contributed by atoms with Crippen LogP contribution in [0.3, 0.4) is 0 Å². The van der Waals surface area contributed by atoms with Crippen LogP contribution >= 0.6 is 11.8 Å². The van der Waals surface area contributed by atoms with Crippen molar-refractivity contribution in [1.29, 1.82) is 0 Å². The maximum atomic E-state index is 12.7. The monoisotopic (exact) mass is 440 g/mol. The number of fused-ring (bicyclic) bond motifs is 2. The number of carboxylic acid groups (broad SMARTS) is 1. The van der Waals surface area contributed by atoms with E-state index in [2.05, 4.69) is 5.32 Å². The number of carbonyl (C=O) groups is 4. The molecule has 1 fully saturated rings. The Morgan fingerprint density at radius 3 is 2.68 bits per heavy atom. The van der Waals surface area contributed by atoms with Gasteiger partial charge in [0.1, 0.15) is 23.7 Å². The second kappa shape index (κ2) is 8.43. The van der Waals surface area contributed by atoms with Crippen molar-refractivity contribution in [2.45, 2.75) is 24.8 Å². The minimum absolute atomic E-state index is 0.113. The third-order valence-corrected chi connectivity index (χ3v) is 6.59. The first-order valence-corrected chi connectivity index (χ1v) is 10.7. The van der Waals surface area contributed by atoms with Crippen molar-refractivity contribution in [2.24, 2.45) is 0 Å². The SMILES string of the molecule is CC(=O)OCC1=C(C(=O)O)N2C(=O)C(NC(=O)Cc3cccc4ccccc34)C2SC1. The highest BCUT2D eigenvalue weighted by atomic mass is 32.2. The number of thioether (sulfide) groups is 1. The van der Waals surface area contributed by atoms with E-state index in [1.807, 2.05) is 42.5 Å². The second-order valence-electron chi connectivity index (χ2n) is 7.31. The molecule has 2 aliphatic heterocycles. The standard InChI is InChI=1S/C22H20N2O6S/c1-12(25)30-10-15-11-31-21-18(20(27)24(21)19(15)22(28)29)23-17(26)9-14-7-4-6-13-5-2-3-8-16(13)14/h2-8,18,21H,9-11H2,1H3,(H,23,26)(H,28,29). The number of hydrogen-bond acceptors (Lipinski definition) is 6. The molecular weight excluding hydrogens is 420 g/mol. The molecule has 2 aromatic carbocycles. The summed E-state index contributed by atoms with van der Waals surface area (Å²) in [7, 11) is 0. The topological polar surface area (TPSA) is 113 Å². The van der Waals surface area contributed by atoms with Crippen molar-refractivity contribution in [3.8, 4) is 0 Å². The Bertz CT molecular complexity index is 1120. The number of carbonyl (C=O) groups excluding carboxylic acids is 3. The Labute approximate surface area is 182 Å².